The van der Waals surface area contributed by atoms with Crippen LogP contribution in [0.3, 0.4) is 0 Å². The van der Waals surface area contributed by atoms with E-state index in [-0.39, 0.29) is 5.91 Å². The molecule has 0 saturated heterocycles. The molecule has 0 aliphatic heterocycles. The molecule has 0 atom stereocenters. The summed E-state index contributed by atoms with van der Waals surface area (Å²) in [5, 5.41) is 9.31. The van der Waals surface area contributed by atoms with Crippen LogP contribution in [0.1, 0.15) is 21.6 Å². The molecule has 1 N–H and O–H groups in total. The number of aryl methyl sites for hydroxylation is 1. The molecule has 0 fully saturated rings. The van der Waals surface area contributed by atoms with E-state index in [4.69, 9.17) is 9.15 Å². The van der Waals surface area contributed by atoms with Crippen molar-refractivity contribution in [3.63, 3.8) is 0 Å². The number of aromatic nitrogens is 2. The van der Waals surface area contributed by atoms with E-state index >= 15 is 0 Å². The van der Waals surface area contributed by atoms with Crippen LogP contribution in [-0.2, 0) is 0 Å². The molecule has 2 heterocycles. The van der Waals surface area contributed by atoms with E-state index in [2.05, 4.69) is 10.4 Å². The average Bonchev–Trinajstić information content (AvgIpc) is 3.33. The zero-order valence-electron chi connectivity index (χ0n) is 17.5. The van der Waals surface area contributed by atoms with Crippen molar-refractivity contribution in [1.82, 2.24) is 9.78 Å². The number of ether oxygens (including phenoxy) is 1. The summed E-state index contributed by atoms with van der Waals surface area (Å²) in [5.74, 6) is 0.307. The maximum Gasteiger partial charge on any atom is 0.259 e. The normalized spacial score (nSPS) is 11.2. The smallest absolute Gasteiger partial charge is 0.259 e. The lowest BCUT2D eigenvalue weighted by Crippen LogP contribution is -2.14. The van der Waals surface area contributed by atoms with E-state index in [1.807, 2.05) is 68.4 Å². The van der Waals surface area contributed by atoms with E-state index in [0.29, 0.717) is 22.6 Å². The van der Waals surface area contributed by atoms with Crippen molar-refractivity contribution in [3.05, 3.63) is 83.7 Å². The molecule has 0 unspecified atom stereocenters. The molecular formula is C25H21N3O3. The first-order chi connectivity index (χ1) is 15.0. The Hall–Kier alpha value is -4.06. The van der Waals surface area contributed by atoms with E-state index in [1.54, 1.807) is 24.1 Å². The van der Waals surface area contributed by atoms with Gasteiger partial charge in [-0.2, -0.15) is 5.10 Å². The number of carbonyl (C=O) groups excluding carboxylic acids is 1. The van der Waals surface area contributed by atoms with Gasteiger partial charge >= 0.3 is 0 Å². The fourth-order valence-corrected chi connectivity index (χ4v) is 3.86. The number of nitrogens with zero attached hydrogens (tertiary/aromatic N) is 2. The van der Waals surface area contributed by atoms with Crippen LogP contribution < -0.4 is 10.1 Å². The zero-order valence-corrected chi connectivity index (χ0v) is 17.5. The number of fused-ring (bicyclic) bond motifs is 3. The van der Waals surface area contributed by atoms with E-state index in [1.165, 1.54) is 0 Å². The second-order valence-electron chi connectivity index (χ2n) is 7.50. The Kier molecular flexibility index (Phi) is 4.47. The first-order valence-electron chi connectivity index (χ1n) is 9.97. The number of rotatable bonds is 4. The Bertz CT molecular complexity index is 1450. The van der Waals surface area contributed by atoms with Crippen molar-refractivity contribution in [2.45, 2.75) is 13.8 Å². The van der Waals surface area contributed by atoms with Gasteiger partial charge in [0.1, 0.15) is 16.9 Å². The van der Waals surface area contributed by atoms with E-state index in [9.17, 15) is 4.79 Å². The van der Waals surface area contributed by atoms with Gasteiger partial charge in [-0.1, -0.05) is 30.3 Å². The van der Waals surface area contributed by atoms with Crippen molar-refractivity contribution in [2.75, 3.05) is 12.4 Å². The minimum Gasteiger partial charge on any atom is -0.495 e. The van der Waals surface area contributed by atoms with Crippen LogP contribution in [0.25, 0.3) is 27.6 Å². The lowest BCUT2D eigenvalue weighted by molar-refractivity contribution is 0.102. The Balaban J connectivity index is 1.51. The number of hydrogen-bond acceptors (Lipinski definition) is 4. The van der Waals surface area contributed by atoms with Crippen molar-refractivity contribution in [1.29, 1.82) is 0 Å². The van der Waals surface area contributed by atoms with Crippen LogP contribution in [0.4, 0.5) is 5.69 Å². The summed E-state index contributed by atoms with van der Waals surface area (Å²) in [6, 6.07) is 19.5. The van der Waals surface area contributed by atoms with E-state index < -0.39 is 0 Å². The van der Waals surface area contributed by atoms with Gasteiger partial charge in [0.25, 0.3) is 5.91 Å². The number of nitrogens with one attached hydrogen (secondary N) is 1. The quantitative estimate of drug-likeness (QED) is 0.415. The molecule has 1 amide bonds. The number of furan rings is 1. The lowest BCUT2D eigenvalue weighted by Gasteiger charge is -2.11. The molecule has 0 spiro atoms. The highest BCUT2D eigenvalue weighted by molar-refractivity contribution is 6.10. The van der Waals surface area contributed by atoms with Crippen LogP contribution in [0, 0.1) is 13.8 Å². The van der Waals surface area contributed by atoms with Gasteiger partial charge in [0.05, 0.1) is 35.9 Å². The summed E-state index contributed by atoms with van der Waals surface area (Å²) >= 11 is 0. The summed E-state index contributed by atoms with van der Waals surface area (Å²) in [5.41, 5.74) is 5.31. The second kappa shape index (κ2) is 7.32. The van der Waals surface area contributed by atoms with Crippen molar-refractivity contribution in [2.24, 2.45) is 0 Å². The maximum atomic E-state index is 13.1. The molecule has 0 bridgehead atoms. The van der Waals surface area contributed by atoms with Crippen LogP contribution in [-0.4, -0.2) is 22.8 Å². The number of para-hydroxylation sites is 1. The maximum absolute atomic E-state index is 13.1. The van der Waals surface area contributed by atoms with Gasteiger partial charge in [0.2, 0.25) is 0 Å². The first-order valence-corrected chi connectivity index (χ1v) is 9.97. The number of hydrogen-bond donors (Lipinski definition) is 1. The molecule has 0 radical (unpaired) electrons. The van der Waals surface area contributed by atoms with Gasteiger partial charge in [0.15, 0.2) is 0 Å². The predicted octanol–water partition coefficient (Wildman–Crippen LogP) is 5.65. The molecule has 154 valence electrons. The predicted molar refractivity (Wildman–Crippen MR) is 121 cm³/mol. The molecule has 31 heavy (non-hydrogen) atoms. The third kappa shape index (κ3) is 3.22. The minimum atomic E-state index is -0.259. The third-order valence-corrected chi connectivity index (χ3v) is 5.45. The molecule has 0 saturated carbocycles. The van der Waals surface area contributed by atoms with Crippen molar-refractivity contribution >= 4 is 33.5 Å². The highest BCUT2D eigenvalue weighted by Gasteiger charge is 2.19. The Morgan fingerprint density at radius 3 is 2.65 bits per heavy atom. The summed E-state index contributed by atoms with van der Waals surface area (Å²) in [4.78, 5) is 13.1. The summed E-state index contributed by atoms with van der Waals surface area (Å²) in [6.45, 7) is 3.90. The van der Waals surface area contributed by atoms with Gasteiger partial charge in [0, 0.05) is 16.8 Å². The minimum absolute atomic E-state index is 0.259. The number of amides is 1. The molecule has 5 rings (SSSR count). The monoisotopic (exact) mass is 411 g/mol. The molecule has 3 aromatic carbocycles. The molecule has 6 heteroatoms. The zero-order chi connectivity index (χ0) is 21.5. The van der Waals surface area contributed by atoms with Gasteiger partial charge in [-0.25, -0.2) is 4.68 Å². The fourth-order valence-electron chi connectivity index (χ4n) is 3.86. The number of methoxy groups -OCH3 is 1. The van der Waals surface area contributed by atoms with Crippen molar-refractivity contribution in [3.8, 4) is 11.4 Å². The van der Waals surface area contributed by atoms with Crippen molar-refractivity contribution < 1.29 is 13.9 Å². The summed E-state index contributed by atoms with van der Waals surface area (Å²) in [7, 11) is 1.58. The Morgan fingerprint density at radius 1 is 1.00 bits per heavy atom. The van der Waals surface area contributed by atoms with Gasteiger partial charge in [-0.05, 0) is 43.7 Å². The molecule has 6 nitrogen and oxygen atoms in total. The molecular weight excluding hydrogens is 390 g/mol. The Morgan fingerprint density at radius 2 is 1.84 bits per heavy atom. The molecule has 2 aromatic heterocycles. The Labute approximate surface area is 179 Å². The first kappa shape index (κ1) is 18.9. The summed E-state index contributed by atoms with van der Waals surface area (Å²) < 4.78 is 13.3. The largest absolute Gasteiger partial charge is 0.495 e. The molecule has 0 aliphatic carbocycles. The molecule has 0 aliphatic rings. The van der Waals surface area contributed by atoms with Crippen LogP contribution >= 0.6 is 0 Å². The highest BCUT2D eigenvalue weighted by atomic mass is 16.5. The standard InChI is InChI=1S/C25H21N3O3/c1-15-7-6-8-17(11-15)28-16(2)20(14-26-28)25(29)27-21-13-23-19(12-24(21)30-3)18-9-4-5-10-22(18)31-23/h4-14H,1-3H3,(H,27,29). The second-order valence-corrected chi connectivity index (χ2v) is 7.50. The topological polar surface area (TPSA) is 69.3 Å². The summed E-state index contributed by atoms with van der Waals surface area (Å²) in [6.07, 6.45) is 1.58. The van der Waals surface area contributed by atoms with Crippen LogP contribution in [0.15, 0.2) is 71.3 Å². The third-order valence-electron chi connectivity index (χ3n) is 5.45. The van der Waals surface area contributed by atoms with Crippen LogP contribution in [0.2, 0.25) is 0 Å². The van der Waals surface area contributed by atoms with Crippen LogP contribution in [0.5, 0.6) is 5.75 Å². The number of benzene rings is 3. The van der Waals surface area contributed by atoms with E-state index in [0.717, 1.165) is 33.3 Å². The highest BCUT2D eigenvalue weighted by Crippen LogP contribution is 2.36. The van der Waals surface area contributed by atoms with Gasteiger partial charge < -0.3 is 14.5 Å². The SMILES string of the molecule is COc1cc2c(cc1NC(=O)c1cnn(-c3cccc(C)c3)c1C)oc1ccccc12. The number of anilines is 1. The average molecular weight is 411 g/mol. The fraction of sp³-hybridized carbons (Fsp3) is 0.120. The lowest BCUT2D eigenvalue weighted by atomic mass is 10.1. The number of carbonyl (C=O) groups is 1. The molecule has 5 aromatic rings. The van der Waals surface area contributed by atoms with Gasteiger partial charge in [-0.15, -0.1) is 0 Å². The van der Waals surface area contributed by atoms with Gasteiger partial charge in [-0.3, -0.25) is 4.79 Å².